The molecular formula is C11H19NO. The second-order valence-corrected chi connectivity index (χ2v) is 2.52. The summed E-state index contributed by atoms with van der Waals surface area (Å²) in [7, 11) is 0. The molecule has 1 heterocycles. The molecule has 0 spiro atoms. The highest BCUT2D eigenvalue weighted by molar-refractivity contribution is 5.16. The Morgan fingerprint density at radius 2 is 2.00 bits per heavy atom. The molecule has 0 atom stereocenters. The van der Waals surface area contributed by atoms with Crippen molar-refractivity contribution >= 4 is 0 Å². The normalized spacial score (nSPS) is 8.62. The van der Waals surface area contributed by atoms with Crippen molar-refractivity contribution < 1.29 is 4.74 Å². The summed E-state index contributed by atoms with van der Waals surface area (Å²) in [5, 5.41) is 0. The Hall–Kier alpha value is -1.05. The fourth-order valence-electron chi connectivity index (χ4n) is 0.746. The van der Waals surface area contributed by atoms with E-state index in [4.69, 9.17) is 4.74 Å². The van der Waals surface area contributed by atoms with Crippen LogP contribution in [0.3, 0.4) is 0 Å². The Morgan fingerprint density at radius 3 is 2.46 bits per heavy atom. The van der Waals surface area contributed by atoms with Crippen molar-refractivity contribution in [3.63, 3.8) is 0 Å². The van der Waals surface area contributed by atoms with E-state index in [1.165, 1.54) is 0 Å². The second-order valence-electron chi connectivity index (χ2n) is 2.52. The molecule has 0 bridgehead atoms. The molecule has 0 aliphatic rings. The number of ether oxygens (including phenoxy) is 1. The molecule has 0 aromatic carbocycles. The summed E-state index contributed by atoms with van der Waals surface area (Å²) in [6.07, 6.45) is 2.83. The summed E-state index contributed by atoms with van der Waals surface area (Å²) in [6.45, 7) is 8.83. The first kappa shape index (κ1) is 11.9. The van der Waals surface area contributed by atoms with Crippen molar-refractivity contribution in [3.8, 4) is 5.88 Å². The second kappa shape index (κ2) is 7.59. The maximum atomic E-state index is 5.30. The summed E-state index contributed by atoms with van der Waals surface area (Å²) < 4.78 is 5.30. The number of aryl methyl sites for hydroxylation is 1. The average molecular weight is 181 g/mol. The topological polar surface area (TPSA) is 22.1 Å². The molecule has 0 aliphatic heterocycles. The summed E-state index contributed by atoms with van der Waals surface area (Å²) in [4.78, 5) is 4.09. The van der Waals surface area contributed by atoms with E-state index >= 15 is 0 Å². The Morgan fingerprint density at radius 1 is 1.31 bits per heavy atom. The lowest BCUT2D eigenvalue weighted by Gasteiger charge is -2.01. The number of nitrogens with zero attached hydrogens (tertiary/aromatic N) is 1. The van der Waals surface area contributed by atoms with Crippen molar-refractivity contribution in [1.82, 2.24) is 4.98 Å². The van der Waals surface area contributed by atoms with Gasteiger partial charge in [0, 0.05) is 12.3 Å². The number of pyridine rings is 1. The lowest BCUT2D eigenvalue weighted by atomic mass is 10.3. The van der Waals surface area contributed by atoms with Gasteiger partial charge in [-0.15, -0.1) is 0 Å². The zero-order valence-electron chi connectivity index (χ0n) is 9.00. The van der Waals surface area contributed by atoms with Crippen molar-refractivity contribution in [2.45, 2.75) is 34.1 Å². The summed E-state index contributed by atoms with van der Waals surface area (Å²) >= 11 is 0. The molecule has 0 saturated heterocycles. The minimum atomic E-state index is 0.720. The minimum absolute atomic E-state index is 0.720. The molecule has 0 fully saturated rings. The Balaban J connectivity index is 0.000000671. The van der Waals surface area contributed by atoms with Gasteiger partial charge in [-0.3, -0.25) is 0 Å². The van der Waals surface area contributed by atoms with Crippen LogP contribution in [-0.2, 0) is 0 Å². The highest BCUT2D eigenvalue weighted by Gasteiger charge is 1.91. The highest BCUT2D eigenvalue weighted by atomic mass is 16.5. The van der Waals surface area contributed by atoms with E-state index in [-0.39, 0.29) is 0 Å². The van der Waals surface area contributed by atoms with Crippen LogP contribution in [0.1, 0.15) is 32.8 Å². The van der Waals surface area contributed by atoms with E-state index in [0.717, 1.165) is 24.5 Å². The fourth-order valence-corrected chi connectivity index (χ4v) is 0.746. The van der Waals surface area contributed by atoms with Gasteiger partial charge in [0.2, 0.25) is 5.88 Å². The largest absolute Gasteiger partial charge is 0.478 e. The molecule has 74 valence electrons. The molecule has 0 unspecified atom stereocenters. The van der Waals surface area contributed by atoms with Crippen LogP contribution in [0.4, 0.5) is 0 Å². The molecule has 0 saturated carbocycles. The first-order valence-corrected chi connectivity index (χ1v) is 4.88. The zero-order valence-corrected chi connectivity index (χ0v) is 9.00. The van der Waals surface area contributed by atoms with Gasteiger partial charge in [-0.1, -0.05) is 26.8 Å². The van der Waals surface area contributed by atoms with E-state index in [1.807, 2.05) is 39.1 Å². The predicted molar refractivity (Wildman–Crippen MR) is 56.1 cm³/mol. The van der Waals surface area contributed by atoms with Crippen molar-refractivity contribution in [1.29, 1.82) is 0 Å². The van der Waals surface area contributed by atoms with Crippen LogP contribution in [0.2, 0.25) is 0 Å². The smallest absolute Gasteiger partial charge is 0.213 e. The van der Waals surface area contributed by atoms with Gasteiger partial charge in [0.05, 0.1) is 6.61 Å². The van der Waals surface area contributed by atoms with Crippen LogP contribution in [0.5, 0.6) is 5.88 Å². The predicted octanol–water partition coefficient (Wildman–Crippen LogP) is 3.21. The van der Waals surface area contributed by atoms with Gasteiger partial charge in [0.1, 0.15) is 0 Å². The van der Waals surface area contributed by atoms with Gasteiger partial charge in [0.15, 0.2) is 0 Å². The van der Waals surface area contributed by atoms with Crippen molar-refractivity contribution in [3.05, 3.63) is 23.9 Å². The summed E-state index contributed by atoms with van der Waals surface area (Å²) in [6, 6.07) is 3.89. The third kappa shape index (κ3) is 5.23. The van der Waals surface area contributed by atoms with Gasteiger partial charge in [-0.2, -0.15) is 0 Å². The van der Waals surface area contributed by atoms with Gasteiger partial charge in [-0.05, 0) is 18.9 Å². The first-order chi connectivity index (χ1) is 6.33. The number of hydrogen-bond acceptors (Lipinski definition) is 2. The zero-order chi connectivity index (χ0) is 10.1. The molecule has 2 nitrogen and oxygen atoms in total. The molecule has 0 radical (unpaired) electrons. The van der Waals surface area contributed by atoms with Gasteiger partial charge >= 0.3 is 0 Å². The maximum Gasteiger partial charge on any atom is 0.213 e. The number of aromatic nitrogens is 1. The van der Waals surface area contributed by atoms with Gasteiger partial charge in [-0.25, -0.2) is 4.98 Å². The molecule has 2 heteroatoms. The Kier molecular flexibility index (Phi) is 6.98. The lowest BCUT2D eigenvalue weighted by Crippen LogP contribution is -1.96. The quantitative estimate of drug-likeness (QED) is 0.714. The molecule has 13 heavy (non-hydrogen) atoms. The van der Waals surface area contributed by atoms with E-state index in [2.05, 4.69) is 11.9 Å². The summed E-state index contributed by atoms with van der Waals surface area (Å²) in [5.41, 5.74) is 1.16. The van der Waals surface area contributed by atoms with E-state index in [9.17, 15) is 0 Å². The molecule has 1 aromatic rings. The SMILES string of the molecule is CC.CCCOc1ccc(C)cn1. The molecular weight excluding hydrogens is 162 g/mol. The molecule has 0 N–H and O–H groups in total. The molecule has 0 aliphatic carbocycles. The van der Waals surface area contributed by atoms with Crippen LogP contribution in [0, 0.1) is 6.92 Å². The maximum absolute atomic E-state index is 5.30. The molecule has 1 aromatic heterocycles. The van der Waals surface area contributed by atoms with E-state index < -0.39 is 0 Å². The van der Waals surface area contributed by atoms with Crippen LogP contribution >= 0.6 is 0 Å². The first-order valence-electron chi connectivity index (χ1n) is 4.88. The van der Waals surface area contributed by atoms with Gasteiger partial charge in [0.25, 0.3) is 0 Å². The van der Waals surface area contributed by atoms with E-state index in [1.54, 1.807) is 0 Å². The Labute approximate surface area is 81.0 Å². The highest BCUT2D eigenvalue weighted by Crippen LogP contribution is 2.06. The summed E-state index contributed by atoms with van der Waals surface area (Å²) in [5.74, 6) is 0.720. The monoisotopic (exact) mass is 181 g/mol. The van der Waals surface area contributed by atoms with Crippen LogP contribution in [-0.4, -0.2) is 11.6 Å². The van der Waals surface area contributed by atoms with Crippen molar-refractivity contribution in [2.75, 3.05) is 6.61 Å². The number of hydrogen-bond donors (Lipinski definition) is 0. The van der Waals surface area contributed by atoms with Crippen molar-refractivity contribution in [2.24, 2.45) is 0 Å². The van der Waals surface area contributed by atoms with Crippen LogP contribution < -0.4 is 4.74 Å². The Bertz CT molecular complexity index is 206. The standard InChI is InChI=1S/C9H13NO.C2H6/c1-3-6-11-9-5-4-8(2)7-10-9;1-2/h4-5,7H,3,6H2,1-2H3;1-2H3. The molecule has 1 rings (SSSR count). The van der Waals surface area contributed by atoms with Gasteiger partial charge < -0.3 is 4.74 Å². The lowest BCUT2D eigenvalue weighted by molar-refractivity contribution is 0.305. The number of rotatable bonds is 3. The average Bonchev–Trinajstić information content (AvgIpc) is 2.20. The minimum Gasteiger partial charge on any atom is -0.478 e. The molecule has 0 amide bonds. The van der Waals surface area contributed by atoms with E-state index in [0.29, 0.717) is 0 Å². The fraction of sp³-hybridized carbons (Fsp3) is 0.545. The van der Waals surface area contributed by atoms with Crippen LogP contribution in [0.15, 0.2) is 18.3 Å². The third-order valence-electron chi connectivity index (χ3n) is 1.34. The van der Waals surface area contributed by atoms with Crippen LogP contribution in [0.25, 0.3) is 0 Å². The third-order valence-corrected chi connectivity index (χ3v) is 1.34.